The number of hydroxylamine groups is 2. The maximum Gasteiger partial charge on any atom is 0.407 e. The van der Waals surface area contributed by atoms with Crippen molar-refractivity contribution in [1.82, 2.24) is 10.4 Å². The summed E-state index contributed by atoms with van der Waals surface area (Å²) in [5.74, 6) is -1.74. The molecular weight excluding hydrogens is 400 g/mol. The van der Waals surface area contributed by atoms with Gasteiger partial charge in [-0.25, -0.2) is 14.7 Å². The fraction of sp³-hybridized carbons (Fsp3) is 0.348. The van der Waals surface area contributed by atoms with Crippen molar-refractivity contribution in [2.75, 3.05) is 26.8 Å². The van der Waals surface area contributed by atoms with Crippen molar-refractivity contribution in [3.05, 3.63) is 59.7 Å². The number of rotatable bonds is 8. The number of carboxylic acids is 1. The zero-order valence-corrected chi connectivity index (χ0v) is 17.1. The van der Waals surface area contributed by atoms with E-state index in [0.717, 1.165) is 16.2 Å². The Balaban J connectivity index is 1.25. The molecule has 8 nitrogen and oxygen atoms in total. The summed E-state index contributed by atoms with van der Waals surface area (Å²) in [4.78, 5) is 39.8. The van der Waals surface area contributed by atoms with Crippen LogP contribution in [0.25, 0.3) is 11.1 Å². The first-order valence-electron chi connectivity index (χ1n) is 10.2. The number of amides is 2. The normalized spacial score (nSPS) is 18.6. The summed E-state index contributed by atoms with van der Waals surface area (Å²) in [6.45, 7) is -0.0177. The van der Waals surface area contributed by atoms with Crippen molar-refractivity contribution in [1.29, 1.82) is 0 Å². The minimum absolute atomic E-state index is 0.00608. The third-order valence-electron chi connectivity index (χ3n) is 5.78. The van der Waals surface area contributed by atoms with Crippen LogP contribution in [0, 0.1) is 11.8 Å². The van der Waals surface area contributed by atoms with Gasteiger partial charge in [0.1, 0.15) is 6.61 Å². The number of fused-ring (bicyclic) bond motifs is 3. The second-order valence-corrected chi connectivity index (χ2v) is 7.81. The van der Waals surface area contributed by atoms with Crippen LogP contribution in [0.5, 0.6) is 0 Å². The Bertz CT molecular complexity index is 962. The monoisotopic (exact) mass is 424 g/mol. The molecule has 0 aliphatic heterocycles. The highest BCUT2D eigenvalue weighted by Gasteiger charge is 2.44. The predicted molar refractivity (Wildman–Crippen MR) is 111 cm³/mol. The van der Waals surface area contributed by atoms with Gasteiger partial charge >= 0.3 is 12.1 Å². The van der Waals surface area contributed by atoms with Crippen LogP contribution in [0.4, 0.5) is 4.79 Å². The number of alkyl carbamates (subject to hydrolysis) is 1. The summed E-state index contributed by atoms with van der Waals surface area (Å²) < 4.78 is 5.49. The van der Waals surface area contributed by atoms with Gasteiger partial charge in [-0.05, 0) is 34.6 Å². The molecule has 0 aromatic heterocycles. The lowest BCUT2D eigenvalue weighted by Gasteiger charge is -2.16. The Kier molecular flexibility index (Phi) is 5.90. The van der Waals surface area contributed by atoms with Crippen molar-refractivity contribution >= 4 is 18.0 Å². The molecule has 2 N–H and O–H groups in total. The molecule has 2 aliphatic carbocycles. The molecule has 0 spiro atoms. The first kappa shape index (κ1) is 20.9. The summed E-state index contributed by atoms with van der Waals surface area (Å²) in [7, 11) is 1.39. The van der Waals surface area contributed by atoms with Gasteiger partial charge in [-0.2, -0.15) is 0 Å². The number of carbonyl (C=O) groups is 3. The van der Waals surface area contributed by atoms with Gasteiger partial charge in [0.2, 0.25) is 5.91 Å². The molecule has 2 unspecified atom stereocenters. The van der Waals surface area contributed by atoms with Gasteiger partial charge < -0.3 is 15.2 Å². The Morgan fingerprint density at radius 2 is 1.68 bits per heavy atom. The number of nitrogens with one attached hydrogen (secondary N) is 1. The van der Waals surface area contributed by atoms with Crippen molar-refractivity contribution in [2.24, 2.45) is 11.8 Å². The van der Waals surface area contributed by atoms with Gasteiger partial charge in [0.25, 0.3) is 0 Å². The molecule has 1 saturated carbocycles. The van der Waals surface area contributed by atoms with E-state index in [1.54, 1.807) is 0 Å². The summed E-state index contributed by atoms with van der Waals surface area (Å²) in [6, 6.07) is 16.3. The summed E-state index contributed by atoms with van der Waals surface area (Å²) in [6.07, 6.45) is 0.0962. The van der Waals surface area contributed by atoms with Crippen LogP contribution in [-0.4, -0.2) is 54.9 Å². The highest BCUT2D eigenvalue weighted by molar-refractivity contribution is 5.81. The van der Waals surface area contributed by atoms with E-state index in [1.807, 2.05) is 24.3 Å². The van der Waals surface area contributed by atoms with Crippen molar-refractivity contribution in [2.45, 2.75) is 12.3 Å². The molecule has 0 bridgehead atoms. The molecule has 1 fully saturated rings. The van der Waals surface area contributed by atoms with E-state index < -0.39 is 18.7 Å². The van der Waals surface area contributed by atoms with Crippen LogP contribution in [0.15, 0.2) is 48.5 Å². The zero-order valence-electron chi connectivity index (χ0n) is 17.1. The van der Waals surface area contributed by atoms with Crippen LogP contribution in [0.3, 0.4) is 0 Å². The molecule has 4 rings (SSSR count). The lowest BCUT2D eigenvalue weighted by Crippen LogP contribution is -2.32. The minimum atomic E-state index is -1.15. The summed E-state index contributed by atoms with van der Waals surface area (Å²) >= 11 is 0. The van der Waals surface area contributed by atoms with Gasteiger partial charge in [-0.1, -0.05) is 48.5 Å². The number of ether oxygens (including phenoxy) is 1. The SMILES string of the molecule is CN(OCC(=O)O)C(=O)C1CC1CNC(=O)OCC1c2ccccc2-c2ccccc21. The molecule has 31 heavy (non-hydrogen) atoms. The fourth-order valence-corrected chi connectivity index (χ4v) is 4.09. The number of carbonyl (C=O) groups excluding carboxylic acids is 2. The van der Waals surface area contributed by atoms with Crippen LogP contribution in [-0.2, 0) is 19.2 Å². The van der Waals surface area contributed by atoms with Crippen LogP contribution >= 0.6 is 0 Å². The summed E-state index contributed by atoms with van der Waals surface area (Å²) in [5, 5.41) is 12.3. The molecule has 8 heteroatoms. The first-order chi connectivity index (χ1) is 15.0. The molecule has 2 atom stereocenters. The molecule has 2 aliphatic rings. The average Bonchev–Trinajstić information content (AvgIpc) is 3.49. The molecule has 2 aromatic carbocycles. The van der Waals surface area contributed by atoms with Gasteiger partial charge in [0.15, 0.2) is 6.61 Å². The third kappa shape index (κ3) is 4.54. The van der Waals surface area contributed by atoms with Crippen LogP contribution < -0.4 is 5.32 Å². The molecule has 0 radical (unpaired) electrons. The fourth-order valence-electron chi connectivity index (χ4n) is 4.09. The van der Waals surface area contributed by atoms with Crippen LogP contribution in [0.2, 0.25) is 0 Å². The molecular formula is C23H24N2O6. The number of hydrogen-bond donors (Lipinski definition) is 2. The molecule has 2 amide bonds. The average molecular weight is 424 g/mol. The van der Waals surface area contributed by atoms with Crippen molar-refractivity contribution in [3.63, 3.8) is 0 Å². The Morgan fingerprint density at radius 3 is 2.29 bits per heavy atom. The lowest BCUT2D eigenvalue weighted by molar-refractivity contribution is -0.187. The maximum atomic E-state index is 12.2. The lowest BCUT2D eigenvalue weighted by atomic mass is 9.98. The molecule has 0 heterocycles. The number of aliphatic carboxylic acids is 1. The van der Waals surface area contributed by atoms with Crippen molar-refractivity contribution < 1.29 is 29.1 Å². The molecule has 0 saturated heterocycles. The van der Waals surface area contributed by atoms with E-state index in [-0.39, 0.29) is 30.3 Å². The second kappa shape index (κ2) is 8.77. The van der Waals surface area contributed by atoms with E-state index >= 15 is 0 Å². The topological polar surface area (TPSA) is 105 Å². The zero-order chi connectivity index (χ0) is 22.0. The van der Waals surface area contributed by atoms with Gasteiger partial charge in [0.05, 0.1) is 0 Å². The largest absolute Gasteiger partial charge is 0.479 e. The number of carboxylic acid groups (broad SMARTS) is 1. The van der Waals surface area contributed by atoms with Crippen molar-refractivity contribution in [3.8, 4) is 11.1 Å². The Labute approximate surface area is 179 Å². The number of benzene rings is 2. The first-order valence-corrected chi connectivity index (χ1v) is 10.2. The van der Waals surface area contributed by atoms with Crippen LogP contribution in [0.1, 0.15) is 23.5 Å². The highest BCUT2D eigenvalue weighted by atomic mass is 16.7. The third-order valence-corrected chi connectivity index (χ3v) is 5.78. The van der Waals surface area contributed by atoms with E-state index in [1.165, 1.54) is 18.2 Å². The van der Waals surface area contributed by atoms with Gasteiger partial charge in [-0.3, -0.25) is 9.63 Å². The Morgan fingerprint density at radius 1 is 1.06 bits per heavy atom. The van der Waals surface area contributed by atoms with E-state index in [2.05, 4.69) is 29.6 Å². The smallest absolute Gasteiger partial charge is 0.407 e. The highest BCUT2D eigenvalue weighted by Crippen LogP contribution is 2.44. The quantitative estimate of drug-likeness (QED) is 0.631. The molecule has 2 aromatic rings. The van der Waals surface area contributed by atoms with E-state index in [9.17, 15) is 14.4 Å². The predicted octanol–water partition coefficient (Wildman–Crippen LogP) is 2.64. The summed E-state index contributed by atoms with van der Waals surface area (Å²) in [5.41, 5.74) is 4.63. The maximum absolute atomic E-state index is 12.2. The van der Waals surface area contributed by atoms with E-state index in [4.69, 9.17) is 14.7 Å². The van der Waals surface area contributed by atoms with Gasteiger partial charge in [0, 0.05) is 25.4 Å². The van der Waals surface area contributed by atoms with Gasteiger partial charge in [-0.15, -0.1) is 0 Å². The molecule has 162 valence electrons. The minimum Gasteiger partial charge on any atom is -0.479 e. The number of hydrogen-bond acceptors (Lipinski definition) is 5. The number of nitrogens with zero attached hydrogens (tertiary/aromatic N) is 1. The standard InChI is InChI=1S/C23H24N2O6/c1-25(31-13-21(26)27)22(28)19-10-14(19)11-24-23(29)30-12-20-17-8-4-2-6-15(17)16-7-3-5-9-18(16)20/h2-9,14,19-20H,10-13H2,1H3,(H,24,29)(H,26,27). The Hall–Kier alpha value is -3.39. The van der Waals surface area contributed by atoms with E-state index in [0.29, 0.717) is 13.0 Å². The second-order valence-electron chi connectivity index (χ2n) is 7.81.